The molecule has 0 saturated heterocycles. The third kappa shape index (κ3) is 11.1. The van der Waals surface area contributed by atoms with E-state index in [0.717, 1.165) is 31.7 Å². The molecule has 0 aromatic rings. The number of thiol groups is 1. The standard InChI is InChI=1S/C13H29N3O2S/c1-13(2,3)18-12(17)16(9-4-6-14)10-5-7-15-8-11-19/h15,19H,4-11,14H2,1-3H3. The minimum atomic E-state index is -0.456. The van der Waals surface area contributed by atoms with Gasteiger partial charge in [0, 0.05) is 25.4 Å². The molecule has 6 heteroatoms. The summed E-state index contributed by atoms with van der Waals surface area (Å²) in [6.07, 6.45) is 1.44. The molecule has 0 spiro atoms. The van der Waals surface area contributed by atoms with Gasteiger partial charge in [0.2, 0.25) is 0 Å². The minimum Gasteiger partial charge on any atom is -0.444 e. The van der Waals surface area contributed by atoms with Crippen LogP contribution in [0.15, 0.2) is 0 Å². The first-order valence-electron chi connectivity index (χ1n) is 6.90. The summed E-state index contributed by atoms with van der Waals surface area (Å²) < 4.78 is 5.39. The van der Waals surface area contributed by atoms with Gasteiger partial charge in [-0.25, -0.2) is 4.79 Å². The van der Waals surface area contributed by atoms with Gasteiger partial charge < -0.3 is 20.7 Å². The zero-order valence-electron chi connectivity index (χ0n) is 12.4. The number of nitrogens with one attached hydrogen (secondary N) is 1. The summed E-state index contributed by atoms with van der Waals surface area (Å²) in [5.74, 6) is 0.822. The van der Waals surface area contributed by atoms with Crippen LogP contribution < -0.4 is 11.1 Å². The van der Waals surface area contributed by atoms with Gasteiger partial charge in [-0.05, 0) is 46.7 Å². The Kier molecular flexibility index (Phi) is 10.1. The molecule has 114 valence electrons. The molecule has 0 saturated carbocycles. The van der Waals surface area contributed by atoms with Crippen molar-refractivity contribution in [2.75, 3.05) is 38.5 Å². The fourth-order valence-electron chi connectivity index (χ4n) is 1.50. The average molecular weight is 291 g/mol. The largest absolute Gasteiger partial charge is 0.444 e. The Labute approximate surface area is 122 Å². The summed E-state index contributed by atoms with van der Waals surface area (Å²) in [5.41, 5.74) is 5.04. The van der Waals surface area contributed by atoms with Gasteiger partial charge in [0.05, 0.1) is 0 Å². The predicted octanol–water partition coefficient (Wildman–Crippen LogP) is 1.48. The molecule has 0 heterocycles. The van der Waals surface area contributed by atoms with Crippen LogP contribution in [-0.4, -0.2) is 55.1 Å². The average Bonchev–Trinajstić information content (AvgIpc) is 2.30. The van der Waals surface area contributed by atoms with Crippen LogP contribution in [0.4, 0.5) is 4.79 Å². The number of amides is 1. The van der Waals surface area contributed by atoms with E-state index in [1.165, 1.54) is 0 Å². The van der Waals surface area contributed by atoms with Gasteiger partial charge in [0.15, 0.2) is 0 Å². The quantitative estimate of drug-likeness (QED) is 0.445. The first kappa shape index (κ1) is 18.5. The summed E-state index contributed by atoms with van der Waals surface area (Å²) in [6, 6.07) is 0. The van der Waals surface area contributed by atoms with Gasteiger partial charge in [-0.15, -0.1) is 0 Å². The molecule has 0 rings (SSSR count). The molecular weight excluding hydrogens is 262 g/mol. The van der Waals surface area contributed by atoms with E-state index in [2.05, 4.69) is 17.9 Å². The lowest BCUT2D eigenvalue weighted by molar-refractivity contribution is 0.0247. The van der Waals surface area contributed by atoms with Gasteiger partial charge in [0.25, 0.3) is 0 Å². The van der Waals surface area contributed by atoms with Crippen molar-refractivity contribution in [1.82, 2.24) is 10.2 Å². The monoisotopic (exact) mass is 291 g/mol. The lowest BCUT2D eigenvalue weighted by Crippen LogP contribution is -2.39. The molecule has 0 unspecified atom stereocenters. The maximum atomic E-state index is 12.0. The van der Waals surface area contributed by atoms with Crippen molar-refractivity contribution in [2.45, 2.75) is 39.2 Å². The van der Waals surface area contributed by atoms with Crippen LogP contribution in [0, 0.1) is 0 Å². The second kappa shape index (κ2) is 10.3. The van der Waals surface area contributed by atoms with Crippen molar-refractivity contribution in [1.29, 1.82) is 0 Å². The number of hydrogen-bond donors (Lipinski definition) is 3. The number of carbonyl (C=O) groups is 1. The molecule has 0 aliphatic rings. The molecule has 0 radical (unpaired) electrons. The first-order chi connectivity index (χ1) is 8.90. The molecule has 1 amide bonds. The van der Waals surface area contributed by atoms with Gasteiger partial charge in [-0.2, -0.15) is 12.6 Å². The Morgan fingerprint density at radius 1 is 1.26 bits per heavy atom. The fraction of sp³-hybridized carbons (Fsp3) is 0.923. The Morgan fingerprint density at radius 3 is 2.42 bits per heavy atom. The molecule has 0 aliphatic heterocycles. The second-order valence-electron chi connectivity index (χ2n) is 5.44. The number of rotatable bonds is 9. The smallest absolute Gasteiger partial charge is 0.410 e. The number of nitrogens with two attached hydrogens (primary N) is 1. The predicted molar refractivity (Wildman–Crippen MR) is 82.8 cm³/mol. The maximum Gasteiger partial charge on any atom is 0.410 e. The SMILES string of the molecule is CC(C)(C)OC(=O)N(CCCN)CCCNCCS. The zero-order valence-corrected chi connectivity index (χ0v) is 13.3. The number of carbonyl (C=O) groups excluding carboxylic acids is 1. The fourth-order valence-corrected chi connectivity index (χ4v) is 1.66. The highest BCUT2D eigenvalue weighted by Gasteiger charge is 2.21. The zero-order chi connectivity index (χ0) is 14.7. The third-order valence-electron chi connectivity index (χ3n) is 2.35. The Balaban J connectivity index is 4.10. The third-order valence-corrected chi connectivity index (χ3v) is 2.58. The summed E-state index contributed by atoms with van der Waals surface area (Å²) in [4.78, 5) is 13.8. The normalized spacial score (nSPS) is 11.4. The van der Waals surface area contributed by atoms with Gasteiger partial charge >= 0.3 is 6.09 Å². The summed E-state index contributed by atoms with van der Waals surface area (Å²) in [5, 5.41) is 3.25. The van der Waals surface area contributed by atoms with E-state index in [9.17, 15) is 4.79 Å². The van der Waals surface area contributed by atoms with Crippen LogP contribution in [-0.2, 0) is 4.74 Å². The van der Waals surface area contributed by atoms with E-state index >= 15 is 0 Å². The lowest BCUT2D eigenvalue weighted by atomic mass is 10.2. The molecule has 0 aliphatic carbocycles. The van der Waals surface area contributed by atoms with E-state index < -0.39 is 5.60 Å². The molecule has 0 aromatic carbocycles. The highest BCUT2D eigenvalue weighted by atomic mass is 32.1. The van der Waals surface area contributed by atoms with Gasteiger partial charge in [0.1, 0.15) is 5.60 Å². The van der Waals surface area contributed by atoms with Gasteiger partial charge in [-0.1, -0.05) is 0 Å². The van der Waals surface area contributed by atoms with E-state index in [0.29, 0.717) is 19.6 Å². The van der Waals surface area contributed by atoms with Crippen LogP contribution in [0.1, 0.15) is 33.6 Å². The van der Waals surface area contributed by atoms with Crippen molar-refractivity contribution < 1.29 is 9.53 Å². The topological polar surface area (TPSA) is 67.6 Å². The van der Waals surface area contributed by atoms with E-state index in [1.54, 1.807) is 4.90 Å². The number of nitrogens with zero attached hydrogens (tertiary/aromatic N) is 1. The summed E-state index contributed by atoms with van der Waals surface area (Å²) >= 11 is 4.13. The van der Waals surface area contributed by atoms with Crippen LogP contribution in [0.2, 0.25) is 0 Å². The summed E-state index contributed by atoms with van der Waals surface area (Å²) in [7, 11) is 0. The van der Waals surface area contributed by atoms with E-state index in [1.807, 2.05) is 20.8 Å². The number of hydrogen-bond acceptors (Lipinski definition) is 5. The minimum absolute atomic E-state index is 0.254. The Morgan fingerprint density at radius 2 is 1.89 bits per heavy atom. The molecule has 0 bridgehead atoms. The molecule has 19 heavy (non-hydrogen) atoms. The molecule has 0 aromatic heterocycles. The molecular formula is C13H29N3O2S. The highest BCUT2D eigenvalue weighted by Crippen LogP contribution is 2.10. The highest BCUT2D eigenvalue weighted by molar-refractivity contribution is 7.80. The molecule has 0 atom stereocenters. The van der Waals surface area contributed by atoms with Crippen LogP contribution >= 0.6 is 12.6 Å². The van der Waals surface area contributed by atoms with Crippen molar-refractivity contribution in [3.05, 3.63) is 0 Å². The molecule has 3 N–H and O–H groups in total. The van der Waals surface area contributed by atoms with Crippen LogP contribution in [0.5, 0.6) is 0 Å². The van der Waals surface area contributed by atoms with Crippen molar-refractivity contribution in [3.8, 4) is 0 Å². The van der Waals surface area contributed by atoms with Crippen molar-refractivity contribution in [3.63, 3.8) is 0 Å². The molecule has 0 fully saturated rings. The van der Waals surface area contributed by atoms with E-state index in [4.69, 9.17) is 10.5 Å². The number of ether oxygens (including phenoxy) is 1. The molecule has 5 nitrogen and oxygen atoms in total. The second-order valence-corrected chi connectivity index (χ2v) is 5.88. The van der Waals surface area contributed by atoms with Gasteiger partial charge in [-0.3, -0.25) is 0 Å². The Bertz CT molecular complexity index is 245. The Hall–Kier alpha value is -0.460. The van der Waals surface area contributed by atoms with Crippen molar-refractivity contribution >= 4 is 18.7 Å². The van der Waals surface area contributed by atoms with Crippen LogP contribution in [0.25, 0.3) is 0 Å². The first-order valence-corrected chi connectivity index (χ1v) is 7.53. The van der Waals surface area contributed by atoms with Crippen LogP contribution in [0.3, 0.4) is 0 Å². The maximum absolute atomic E-state index is 12.0. The van der Waals surface area contributed by atoms with Crippen molar-refractivity contribution in [2.24, 2.45) is 5.73 Å². The lowest BCUT2D eigenvalue weighted by Gasteiger charge is -2.27. The summed E-state index contributed by atoms with van der Waals surface area (Å²) in [6.45, 7) is 9.31. The van der Waals surface area contributed by atoms with E-state index in [-0.39, 0.29) is 6.09 Å².